The smallest absolute Gasteiger partial charge is 0.179 e. The average molecular weight is 407 g/mol. The molecule has 6 aliphatic rings. The number of rotatable bonds is 0. The summed E-state index contributed by atoms with van der Waals surface area (Å²) >= 11 is 0. The lowest BCUT2D eigenvalue weighted by molar-refractivity contribution is -0.244. The van der Waals surface area contributed by atoms with Gasteiger partial charge < -0.3 is 9.67 Å². The molecular weight excluding hydrogens is 372 g/mol. The number of fused-ring (bicyclic) bond motifs is 1. The second kappa shape index (κ2) is 5.69. The van der Waals surface area contributed by atoms with Crippen LogP contribution in [0.25, 0.3) is 6.08 Å². The Hall–Kier alpha value is -1.39. The Morgan fingerprint density at radius 2 is 1.93 bits per heavy atom. The molecule has 4 nitrogen and oxygen atoms in total. The minimum Gasteiger partial charge on any atom is -0.383 e. The Morgan fingerprint density at radius 1 is 1.07 bits per heavy atom. The third-order valence-electron chi connectivity index (χ3n) is 10.1. The van der Waals surface area contributed by atoms with Gasteiger partial charge in [-0.05, 0) is 87.5 Å². The van der Waals surface area contributed by atoms with E-state index in [1.807, 2.05) is 6.07 Å². The zero-order chi connectivity index (χ0) is 20.3. The van der Waals surface area contributed by atoms with Crippen LogP contribution < -0.4 is 0 Å². The number of ketones is 1. The van der Waals surface area contributed by atoms with Gasteiger partial charge in [-0.15, -0.1) is 0 Å². The number of aliphatic hydroxyl groups is 1. The largest absolute Gasteiger partial charge is 0.383 e. The number of hydrogen-bond donors (Lipinski definition) is 1. The summed E-state index contributed by atoms with van der Waals surface area (Å²) in [7, 11) is 0. The molecule has 1 aromatic rings. The van der Waals surface area contributed by atoms with Gasteiger partial charge in [-0.1, -0.05) is 13.3 Å². The van der Waals surface area contributed by atoms with Gasteiger partial charge in [-0.3, -0.25) is 9.69 Å². The van der Waals surface area contributed by atoms with Crippen molar-refractivity contribution in [2.75, 3.05) is 0 Å². The highest BCUT2D eigenvalue weighted by molar-refractivity contribution is 5.96. The predicted molar refractivity (Wildman–Crippen MR) is 116 cm³/mol. The zero-order valence-corrected chi connectivity index (χ0v) is 18.2. The van der Waals surface area contributed by atoms with Gasteiger partial charge in [0.2, 0.25) is 0 Å². The second-order valence-corrected chi connectivity index (χ2v) is 11.6. The molecule has 0 saturated carbocycles. The highest BCUT2D eigenvalue weighted by Gasteiger charge is 2.70. The SMILES string of the molecule is CC1CC2CCCC34CCCC(C1)(N23)C1(O)CC2CCC(=O)c3ccc(n32)C=C1C4. The van der Waals surface area contributed by atoms with E-state index in [0.29, 0.717) is 18.4 Å². The van der Waals surface area contributed by atoms with Crippen LogP contribution in [0.4, 0.5) is 0 Å². The molecule has 4 heteroatoms. The van der Waals surface area contributed by atoms with E-state index in [0.717, 1.165) is 43.5 Å². The second-order valence-electron chi connectivity index (χ2n) is 11.6. The van der Waals surface area contributed by atoms with Crippen molar-refractivity contribution in [2.24, 2.45) is 5.92 Å². The molecule has 6 aliphatic heterocycles. The lowest BCUT2D eigenvalue weighted by atomic mass is 9.50. The topological polar surface area (TPSA) is 45.5 Å². The first-order valence-electron chi connectivity index (χ1n) is 12.4. The highest BCUT2D eigenvalue weighted by atomic mass is 16.3. The van der Waals surface area contributed by atoms with E-state index >= 15 is 0 Å². The zero-order valence-electron chi connectivity index (χ0n) is 18.2. The number of Topliss-reactive ketones (excluding diaryl/α,β-unsaturated/α-hetero) is 1. The molecule has 6 unspecified atom stereocenters. The van der Waals surface area contributed by atoms with Crippen molar-refractivity contribution in [3.8, 4) is 0 Å². The molecule has 7 rings (SSSR count). The highest BCUT2D eigenvalue weighted by Crippen LogP contribution is 2.65. The van der Waals surface area contributed by atoms with Gasteiger partial charge in [-0.2, -0.15) is 0 Å². The maximum atomic E-state index is 12.8. The molecule has 0 radical (unpaired) electrons. The minimum atomic E-state index is -0.761. The van der Waals surface area contributed by atoms with Gasteiger partial charge in [-0.25, -0.2) is 0 Å². The van der Waals surface area contributed by atoms with Gasteiger partial charge in [0.25, 0.3) is 0 Å². The molecule has 160 valence electrons. The monoisotopic (exact) mass is 406 g/mol. The summed E-state index contributed by atoms with van der Waals surface area (Å²) in [4.78, 5) is 15.5. The fourth-order valence-electron chi connectivity index (χ4n) is 9.34. The molecule has 6 atom stereocenters. The molecule has 0 amide bonds. The van der Waals surface area contributed by atoms with E-state index in [1.54, 1.807) is 0 Å². The van der Waals surface area contributed by atoms with E-state index in [9.17, 15) is 9.90 Å². The van der Waals surface area contributed by atoms with Gasteiger partial charge >= 0.3 is 0 Å². The summed E-state index contributed by atoms with van der Waals surface area (Å²) in [5.41, 5.74) is 2.70. The lowest BCUT2D eigenvalue weighted by Crippen LogP contribution is -2.81. The van der Waals surface area contributed by atoms with Gasteiger partial charge in [0.05, 0.1) is 11.2 Å². The average Bonchev–Trinajstić information content (AvgIpc) is 3.08. The van der Waals surface area contributed by atoms with Crippen molar-refractivity contribution < 1.29 is 9.90 Å². The van der Waals surface area contributed by atoms with Crippen LogP contribution in [0.15, 0.2) is 17.7 Å². The first-order valence-corrected chi connectivity index (χ1v) is 12.4. The van der Waals surface area contributed by atoms with Crippen LogP contribution in [0.2, 0.25) is 0 Å². The number of carbonyl (C=O) groups is 1. The molecule has 1 aromatic heterocycles. The Labute approximate surface area is 179 Å². The molecular formula is C26H34N2O2. The van der Waals surface area contributed by atoms with Gasteiger partial charge in [0.1, 0.15) is 5.60 Å². The molecule has 2 bridgehead atoms. The van der Waals surface area contributed by atoms with Crippen LogP contribution in [0, 0.1) is 5.92 Å². The fourth-order valence-corrected chi connectivity index (χ4v) is 9.34. The van der Waals surface area contributed by atoms with Gasteiger partial charge in [0, 0.05) is 36.2 Å². The minimum absolute atomic E-state index is 0.107. The van der Waals surface area contributed by atoms with E-state index in [2.05, 4.69) is 28.5 Å². The number of piperidine rings is 4. The number of carbonyl (C=O) groups excluding carboxylic acids is 1. The molecule has 1 N–H and O–H groups in total. The normalized spacial score (nSPS) is 46.9. The van der Waals surface area contributed by atoms with Crippen molar-refractivity contribution in [3.63, 3.8) is 0 Å². The number of nitrogens with zero attached hydrogens (tertiary/aromatic N) is 2. The molecule has 30 heavy (non-hydrogen) atoms. The van der Waals surface area contributed by atoms with Crippen molar-refractivity contribution in [2.45, 2.75) is 113 Å². The van der Waals surface area contributed by atoms with Crippen LogP contribution in [0.3, 0.4) is 0 Å². The summed E-state index contributed by atoms with van der Waals surface area (Å²) < 4.78 is 2.29. The van der Waals surface area contributed by atoms with Crippen molar-refractivity contribution in [1.82, 2.24) is 9.47 Å². The Kier molecular flexibility index (Phi) is 3.45. The van der Waals surface area contributed by atoms with E-state index in [4.69, 9.17) is 0 Å². The fraction of sp³-hybridized carbons (Fsp3) is 0.731. The predicted octanol–water partition coefficient (Wildman–Crippen LogP) is 4.87. The molecule has 7 heterocycles. The summed E-state index contributed by atoms with van der Waals surface area (Å²) in [6, 6.07) is 5.05. The van der Waals surface area contributed by atoms with Crippen molar-refractivity contribution in [3.05, 3.63) is 29.1 Å². The third kappa shape index (κ3) is 1.99. The Balaban J connectivity index is 1.46. The molecule has 0 aliphatic carbocycles. The number of hydrogen-bond acceptors (Lipinski definition) is 3. The molecule has 0 aromatic carbocycles. The molecule has 0 spiro atoms. The van der Waals surface area contributed by atoms with Crippen LogP contribution in [-0.4, -0.2) is 43.1 Å². The van der Waals surface area contributed by atoms with Crippen LogP contribution >= 0.6 is 0 Å². The maximum absolute atomic E-state index is 12.8. The third-order valence-corrected chi connectivity index (χ3v) is 10.1. The summed E-state index contributed by atoms with van der Waals surface area (Å²) in [5.74, 6) is 0.946. The standard InChI is InChI=1S/C26H34N2O2/c1-17-12-20-4-2-9-24-10-3-11-25(14-17,28(20)24)26(30)16-21-6-8-23(29)22-7-5-19(27(21)22)13-18(26)15-24/h5,7,13,17,20-21,30H,2-4,6,8-12,14-16H2,1H3. The molecule has 4 fully saturated rings. The van der Waals surface area contributed by atoms with Crippen LogP contribution in [0.5, 0.6) is 0 Å². The Bertz CT molecular complexity index is 974. The maximum Gasteiger partial charge on any atom is 0.179 e. The van der Waals surface area contributed by atoms with E-state index < -0.39 is 5.60 Å². The summed E-state index contributed by atoms with van der Waals surface area (Å²) in [6.07, 6.45) is 15.7. The van der Waals surface area contributed by atoms with Gasteiger partial charge in [0.15, 0.2) is 5.78 Å². The number of aromatic nitrogens is 1. The van der Waals surface area contributed by atoms with E-state index in [1.165, 1.54) is 44.1 Å². The Morgan fingerprint density at radius 3 is 2.83 bits per heavy atom. The lowest BCUT2D eigenvalue weighted by Gasteiger charge is -2.74. The first-order chi connectivity index (χ1) is 14.5. The molecule has 4 saturated heterocycles. The quantitative estimate of drug-likeness (QED) is 0.668. The van der Waals surface area contributed by atoms with Crippen LogP contribution in [-0.2, 0) is 0 Å². The first kappa shape index (κ1) is 18.2. The van der Waals surface area contributed by atoms with Crippen molar-refractivity contribution in [1.29, 1.82) is 0 Å². The van der Waals surface area contributed by atoms with E-state index in [-0.39, 0.29) is 22.9 Å². The summed E-state index contributed by atoms with van der Waals surface area (Å²) in [6.45, 7) is 2.43. The summed E-state index contributed by atoms with van der Waals surface area (Å²) in [5, 5.41) is 12.8. The van der Waals surface area contributed by atoms with Crippen LogP contribution in [0.1, 0.15) is 106 Å². The van der Waals surface area contributed by atoms with Crippen molar-refractivity contribution >= 4 is 11.9 Å².